The fourth-order valence-corrected chi connectivity index (χ4v) is 2.96. The number of rotatable bonds is 1. The van der Waals surface area contributed by atoms with Crippen LogP contribution in [0.1, 0.15) is 27.7 Å². The second-order valence-electron chi connectivity index (χ2n) is 5.99. The van der Waals surface area contributed by atoms with Gasteiger partial charge in [0.1, 0.15) is 24.4 Å². The topological polar surface area (TPSA) is 57.2 Å². The summed E-state index contributed by atoms with van der Waals surface area (Å²) in [6, 6.07) is 0. The van der Waals surface area contributed by atoms with Crippen molar-refractivity contribution in [3.8, 4) is 0 Å². The molecule has 0 bridgehead atoms. The van der Waals surface area contributed by atoms with Crippen molar-refractivity contribution in [2.45, 2.75) is 63.7 Å². The lowest BCUT2D eigenvalue weighted by Crippen LogP contribution is -2.46. The molecule has 0 spiro atoms. The highest BCUT2D eigenvalue weighted by Crippen LogP contribution is 2.43. The molecule has 0 amide bonds. The minimum atomic E-state index is -0.658. The number of hydrogen-bond acceptors (Lipinski definition) is 5. The average molecular weight is 256 g/mol. The standard InChI is InChI=1S/C13H20O5/c1-12(2)15-8-5-7(6-14)9-11(10(8)17-12)18-13(3,4)16-9/h5,8-11,14H,6H2,1-4H3/t8-,9-,10-,11-/m1/s1. The first-order chi connectivity index (χ1) is 8.31. The maximum atomic E-state index is 9.46. The van der Waals surface area contributed by atoms with Gasteiger partial charge in [-0.25, -0.2) is 0 Å². The van der Waals surface area contributed by atoms with E-state index in [0.717, 1.165) is 5.57 Å². The van der Waals surface area contributed by atoms with Crippen molar-refractivity contribution in [1.82, 2.24) is 0 Å². The molecule has 102 valence electrons. The molecule has 1 aliphatic carbocycles. The molecular weight excluding hydrogens is 236 g/mol. The zero-order valence-electron chi connectivity index (χ0n) is 11.2. The molecule has 5 nitrogen and oxygen atoms in total. The van der Waals surface area contributed by atoms with E-state index in [1.54, 1.807) is 0 Å². The van der Waals surface area contributed by atoms with Crippen molar-refractivity contribution in [2.24, 2.45) is 0 Å². The van der Waals surface area contributed by atoms with Gasteiger partial charge in [-0.1, -0.05) is 0 Å². The third-order valence-corrected chi connectivity index (χ3v) is 3.54. The summed E-state index contributed by atoms with van der Waals surface area (Å²) < 4.78 is 23.5. The molecule has 2 heterocycles. The zero-order valence-corrected chi connectivity index (χ0v) is 11.2. The van der Waals surface area contributed by atoms with E-state index in [2.05, 4.69) is 0 Å². The second kappa shape index (κ2) is 3.77. The molecule has 2 aliphatic heterocycles. The number of aliphatic hydroxyl groups is 1. The van der Waals surface area contributed by atoms with Crippen LogP contribution in [0.15, 0.2) is 11.6 Å². The average Bonchev–Trinajstić information content (AvgIpc) is 2.71. The lowest BCUT2D eigenvalue weighted by molar-refractivity contribution is -0.175. The number of fused-ring (bicyclic) bond motifs is 3. The Morgan fingerprint density at radius 3 is 2.28 bits per heavy atom. The second-order valence-corrected chi connectivity index (χ2v) is 5.99. The van der Waals surface area contributed by atoms with Crippen molar-refractivity contribution in [2.75, 3.05) is 6.61 Å². The zero-order chi connectivity index (χ0) is 13.1. The fourth-order valence-electron chi connectivity index (χ4n) is 2.96. The van der Waals surface area contributed by atoms with Gasteiger partial charge in [0, 0.05) is 0 Å². The van der Waals surface area contributed by atoms with Crippen LogP contribution in [0.2, 0.25) is 0 Å². The van der Waals surface area contributed by atoms with Crippen molar-refractivity contribution < 1.29 is 24.1 Å². The molecule has 0 saturated carbocycles. The van der Waals surface area contributed by atoms with Crippen LogP contribution in [0.5, 0.6) is 0 Å². The molecule has 2 saturated heterocycles. The summed E-state index contributed by atoms with van der Waals surface area (Å²) >= 11 is 0. The monoisotopic (exact) mass is 256 g/mol. The van der Waals surface area contributed by atoms with Gasteiger partial charge in [0.25, 0.3) is 0 Å². The highest BCUT2D eigenvalue weighted by atomic mass is 16.8. The van der Waals surface area contributed by atoms with Gasteiger partial charge in [-0.15, -0.1) is 0 Å². The first kappa shape index (κ1) is 12.6. The molecule has 2 fully saturated rings. The Bertz CT molecular complexity index is 387. The van der Waals surface area contributed by atoms with E-state index < -0.39 is 11.6 Å². The molecule has 1 N–H and O–H groups in total. The predicted octanol–water partition coefficient (Wildman–Crippen LogP) is 0.959. The molecule has 0 aromatic heterocycles. The fraction of sp³-hybridized carbons (Fsp3) is 0.846. The van der Waals surface area contributed by atoms with Gasteiger partial charge in [0.2, 0.25) is 0 Å². The van der Waals surface area contributed by atoms with Crippen LogP contribution in [-0.4, -0.2) is 47.7 Å². The van der Waals surface area contributed by atoms with Crippen molar-refractivity contribution in [1.29, 1.82) is 0 Å². The predicted molar refractivity (Wildman–Crippen MR) is 62.8 cm³/mol. The van der Waals surface area contributed by atoms with Gasteiger partial charge in [0.05, 0.1) is 6.61 Å². The van der Waals surface area contributed by atoms with Crippen LogP contribution in [0.25, 0.3) is 0 Å². The molecular formula is C13H20O5. The molecule has 0 radical (unpaired) electrons. The Kier molecular flexibility index (Phi) is 2.63. The number of ether oxygens (including phenoxy) is 4. The molecule has 3 aliphatic rings. The Labute approximate surface area is 107 Å². The van der Waals surface area contributed by atoms with Crippen LogP contribution in [0.4, 0.5) is 0 Å². The van der Waals surface area contributed by atoms with Crippen molar-refractivity contribution in [3.05, 3.63) is 11.6 Å². The molecule has 4 atom stereocenters. The van der Waals surface area contributed by atoms with Crippen molar-refractivity contribution >= 4 is 0 Å². The van der Waals surface area contributed by atoms with E-state index in [0.29, 0.717) is 0 Å². The summed E-state index contributed by atoms with van der Waals surface area (Å²) in [7, 11) is 0. The van der Waals surface area contributed by atoms with Crippen molar-refractivity contribution in [3.63, 3.8) is 0 Å². The van der Waals surface area contributed by atoms with Gasteiger partial charge >= 0.3 is 0 Å². The minimum Gasteiger partial charge on any atom is -0.392 e. The normalized spacial score (nSPS) is 44.4. The SMILES string of the molecule is CC1(C)O[C@H]2[C@@H]3OC(C)(C)O[C@@H]3C=C(CO)[C@H]2O1. The molecule has 3 rings (SSSR count). The molecule has 0 aromatic carbocycles. The molecule has 0 unspecified atom stereocenters. The van der Waals surface area contributed by atoms with Crippen LogP contribution < -0.4 is 0 Å². The van der Waals surface area contributed by atoms with Gasteiger partial charge in [-0.2, -0.15) is 0 Å². The Morgan fingerprint density at radius 2 is 1.61 bits per heavy atom. The summed E-state index contributed by atoms with van der Waals surface area (Å²) in [6.07, 6.45) is 1.08. The smallest absolute Gasteiger partial charge is 0.164 e. The van der Waals surface area contributed by atoms with Crippen LogP contribution in [0.3, 0.4) is 0 Å². The largest absolute Gasteiger partial charge is 0.392 e. The van der Waals surface area contributed by atoms with Gasteiger partial charge in [0.15, 0.2) is 11.6 Å². The van der Waals surface area contributed by atoms with E-state index in [1.807, 2.05) is 33.8 Å². The lowest BCUT2D eigenvalue weighted by Gasteiger charge is -2.30. The quantitative estimate of drug-likeness (QED) is 0.708. The summed E-state index contributed by atoms with van der Waals surface area (Å²) in [5, 5.41) is 9.46. The Morgan fingerprint density at radius 1 is 1.00 bits per heavy atom. The first-order valence-electron chi connectivity index (χ1n) is 6.34. The van der Waals surface area contributed by atoms with Gasteiger partial charge in [-0.05, 0) is 39.3 Å². The third kappa shape index (κ3) is 1.90. The van der Waals surface area contributed by atoms with E-state index in [-0.39, 0.29) is 31.0 Å². The van der Waals surface area contributed by atoms with E-state index in [1.165, 1.54) is 0 Å². The van der Waals surface area contributed by atoms with E-state index in [4.69, 9.17) is 18.9 Å². The summed E-state index contributed by atoms with van der Waals surface area (Å²) in [6.45, 7) is 7.46. The van der Waals surface area contributed by atoms with Gasteiger partial charge < -0.3 is 24.1 Å². The maximum Gasteiger partial charge on any atom is 0.164 e. The van der Waals surface area contributed by atoms with E-state index >= 15 is 0 Å². The van der Waals surface area contributed by atoms with E-state index in [9.17, 15) is 5.11 Å². The van der Waals surface area contributed by atoms with Crippen LogP contribution >= 0.6 is 0 Å². The number of hydrogen-bond donors (Lipinski definition) is 1. The summed E-state index contributed by atoms with van der Waals surface area (Å²) in [5.74, 6) is -1.29. The molecule has 0 aromatic rings. The van der Waals surface area contributed by atoms with Crippen LogP contribution in [-0.2, 0) is 18.9 Å². The maximum absolute atomic E-state index is 9.46. The molecule has 5 heteroatoms. The first-order valence-corrected chi connectivity index (χ1v) is 6.34. The molecule has 18 heavy (non-hydrogen) atoms. The number of aliphatic hydroxyl groups excluding tert-OH is 1. The lowest BCUT2D eigenvalue weighted by atomic mass is 9.90. The summed E-state index contributed by atoms with van der Waals surface area (Å²) in [4.78, 5) is 0. The minimum absolute atomic E-state index is 0.0480. The third-order valence-electron chi connectivity index (χ3n) is 3.54. The highest BCUT2D eigenvalue weighted by Gasteiger charge is 2.56. The van der Waals surface area contributed by atoms with Gasteiger partial charge in [-0.3, -0.25) is 0 Å². The Balaban J connectivity index is 1.94. The Hall–Kier alpha value is -0.460. The summed E-state index contributed by atoms with van der Waals surface area (Å²) in [5.41, 5.74) is 0.813. The van der Waals surface area contributed by atoms with Crippen LogP contribution in [0, 0.1) is 0 Å². The highest BCUT2D eigenvalue weighted by molar-refractivity contribution is 5.24.